The van der Waals surface area contributed by atoms with Crippen molar-refractivity contribution in [2.45, 2.75) is 50.3 Å². The number of carboxylic acids is 1. The second-order valence-electron chi connectivity index (χ2n) is 5.64. The van der Waals surface area contributed by atoms with Gasteiger partial charge >= 0.3 is 5.97 Å². The molecule has 1 aromatic rings. The number of thioether (sulfide) groups is 1. The van der Waals surface area contributed by atoms with Crippen LogP contribution in [0.4, 0.5) is 5.69 Å². The number of hydrogen-bond donors (Lipinski definition) is 2. The quantitative estimate of drug-likeness (QED) is 0.705. The molecule has 0 bridgehead atoms. The molecule has 0 aliphatic heterocycles. The molecule has 0 spiro atoms. The predicted octanol–water partition coefficient (Wildman–Crippen LogP) is 4.88. The molecule has 0 amide bonds. The Morgan fingerprint density at radius 1 is 1.33 bits per heavy atom. The largest absolute Gasteiger partial charge is 0.478 e. The minimum atomic E-state index is -0.841. The Morgan fingerprint density at radius 3 is 2.76 bits per heavy atom. The maximum atomic E-state index is 11.5. The smallest absolute Gasteiger partial charge is 0.338 e. The van der Waals surface area contributed by atoms with Crippen LogP contribution in [0.5, 0.6) is 0 Å². The molecule has 0 unspecified atom stereocenters. The Labute approximate surface area is 131 Å². The number of hydrogen-bond acceptors (Lipinski definition) is 3. The highest BCUT2D eigenvalue weighted by Crippen LogP contribution is 2.30. The number of anilines is 1. The molecular weight excluding hydrogens is 282 g/mol. The molecule has 21 heavy (non-hydrogen) atoms. The lowest BCUT2D eigenvalue weighted by molar-refractivity contribution is 0.0694. The van der Waals surface area contributed by atoms with E-state index >= 15 is 0 Å². The van der Waals surface area contributed by atoms with Gasteiger partial charge in [0, 0.05) is 17.1 Å². The maximum Gasteiger partial charge on any atom is 0.338 e. The van der Waals surface area contributed by atoms with Crippen LogP contribution < -0.4 is 5.32 Å². The van der Waals surface area contributed by atoms with Crippen molar-refractivity contribution in [3.63, 3.8) is 0 Å². The van der Waals surface area contributed by atoms with Crippen LogP contribution in [0.3, 0.4) is 0 Å². The van der Waals surface area contributed by atoms with Gasteiger partial charge in [0.2, 0.25) is 0 Å². The molecular formula is C17H25NO2S. The average molecular weight is 307 g/mol. The van der Waals surface area contributed by atoms with Crippen molar-refractivity contribution in [2.75, 3.05) is 17.6 Å². The molecule has 0 saturated heterocycles. The summed E-state index contributed by atoms with van der Waals surface area (Å²) in [5.74, 6) is 0.852. The van der Waals surface area contributed by atoms with E-state index in [1.807, 2.05) is 25.1 Å². The number of nitrogens with one attached hydrogen (secondary N) is 1. The van der Waals surface area contributed by atoms with E-state index in [2.05, 4.69) is 5.32 Å². The van der Waals surface area contributed by atoms with Crippen LogP contribution >= 0.6 is 11.8 Å². The molecule has 1 saturated carbocycles. The summed E-state index contributed by atoms with van der Waals surface area (Å²) in [5.41, 5.74) is 1.18. The Hall–Kier alpha value is -1.16. The molecule has 0 atom stereocenters. The third-order valence-electron chi connectivity index (χ3n) is 4.13. The second kappa shape index (κ2) is 8.32. The first-order valence-electron chi connectivity index (χ1n) is 7.95. The lowest BCUT2D eigenvalue weighted by atomic mass is 9.87. The summed E-state index contributed by atoms with van der Waals surface area (Å²) < 4.78 is 0. The average Bonchev–Trinajstić information content (AvgIpc) is 2.48. The fourth-order valence-electron chi connectivity index (χ4n) is 3.06. The Bertz CT molecular complexity index is 470. The van der Waals surface area contributed by atoms with Crippen LogP contribution in [0.2, 0.25) is 0 Å². The van der Waals surface area contributed by atoms with Crippen molar-refractivity contribution in [1.29, 1.82) is 0 Å². The number of benzene rings is 1. The lowest BCUT2D eigenvalue weighted by Gasteiger charge is -2.22. The third kappa shape index (κ3) is 4.67. The molecule has 1 aliphatic rings. The van der Waals surface area contributed by atoms with Gasteiger partial charge in [0.1, 0.15) is 0 Å². The van der Waals surface area contributed by atoms with Gasteiger partial charge in [0.05, 0.1) is 5.56 Å². The summed E-state index contributed by atoms with van der Waals surface area (Å²) in [7, 11) is 0. The predicted molar refractivity (Wildman–Crippen MR) is 89.5 cm³/mol. The van der Waals surface area contributed by atoms with E-state index in [1.165, 1.54) is 32.1 Å². The van der Waals surface area contributed by atoms with Gasteiger partial charge in [-0.1, -0.05) is 45.1 Å². The van der Waals surface area contributed by atoms with Crippen LogP contribution in [0.25, 0.3) is 0 Å². The molecule has 4 heteroatoms. The number of aromatic carboxylic acids is 1. The fourth-order valence-corrected chi connectivity index (χ4v) is 3.89. The van der Waals surface area contributed by atoms with E-state index in [1.54, 1.807) is 11.8 Å². The molecule has 2 rings (SSSR count). The van der Waals surface area contributed by atoms with Crippen molar-refractivity contribution in [3.8, 4) is 0 Å². The highest BCUT2D eigenvalue weighted by Gasteiger charge is 2.16. The maximum absolute atomic E-state index is 11.5. The van der Waals surface area contributed by atoms with Crippen LogP contribution in [-0.2, 0) is 0 Å². The highest BCUT2D eigenvalue weighted by atomic mass is 32.2. The van der Waals surface area contributed by atoms with Crippen molar-refractivity contribution in [1.82, 2.24) is 0 Å². The number of carbonyl (C=O) groups is 1. The summed E-state index contributed by atoms with van der Waals surface area (Å²) in [4.78, 5) is 12.4. The summed E-state index contributed by atoms with van der Waals surface area (Å²) in [6.07, 6.45) is 7.90. The molecule has 1 aromatic carbocycles. The first-order chi connectivity index (χ1) is 10.2. The summed E-state index contributed by atoms with van der Waals surface area (Å²) in [6, 6.07) is 5.71. The topological polar surface area (TPSA) is 49.3 Å². The van der Waals surface area contributed by atoms with E-state index in [0.717, 1.165) is 35.2 Å². The van der Waals surface area contributed by atoms with Gasteiger partial charge in [-0.2, -0.15) is 0 Å². The van der Waals surface area contributed by atoms with Gasteiger partial charge in [0.15, 0.2) is 0 Å². The van der Waals surface area contributed by atoms with Crippen LogP contribution in [0, 0.1) is 5.92 Å². The van der Waals surface area contributed by atoms with Gasteiger partial charge in [0.25, 0.3) is 0 Å². The van der Waals surface area contributed by atoms with Gasteiger partial charge in [-0.05, 0) is 30.2 Å². The van der Waals surface area contributed by atoms with Gasteiger partial charge in [-0.3, -0.25) is 0 Å². The Morgan fingerprint density at radius 2 is 2.10 bits per heavy atom. The summed E-state index contributed by atoms with van der Waals surface area (Å²) in [5, 5.41) is 12.8. The SMILES string of the molecule is CCSc1cccc(NCCC2CCCCC2)c1C(=O)O. The monoisotopic (exact) mass is 307 g/mol. The van der Waals surface area contributed by atoms with E-state index in [4.69, 9.17) is 0 Å². The summed E-state index contributed by atoms with van der Waals surface area (Å²) in [6.45, 7) is 2.91. The number of carboxylic acid groups (broad SMARTS) is 1. The van der Waals surface area contributed by atoms with Crippen LogP contribution in [0.15, 0.2) is 23.1 Å². The molecule has 0 radical (unpaired) electrons. The minimum absolute atomic E-state index is 0.424. The normalized spacial score (nSPS) is 15.9. The highest BCUT2D eigenvalue weighted by molar-refractivity contribution is 7.99. The molecule has 1 fully saturated rings. The van der Waals surface area contributed by atoms with Crippen molar-refractivity contribution >= 4 is 23.4 Å². The number of rotatable bonds is 7. The molecule has 2 N–H and O–H groups in total. The zero-order valence-electron chi connectivity index (χ0n) is 12.7. The third-order valence-corrected chi connectivity index (χ3v) is 5.07. The molecule has 116 valence electrons. The first-order valence-corrected chi connectivity index (χ1v) is 8.94. The molecule has 3 nitrogen and oxygen atoms in total. The molecule has 1 aliphatic carbocycles. The van der Waals surface area contributed by atoms with Gasteiger partial charge in [-0.15, -0.1) is 11.8 Å². The van der Waals surface area contributed by atoms with E-state index in [-0.39, 0.29) is 0 Å². The van der Waals surface area contributed by atoms with Gasteiger partial charge < -0.3 is 10.4 Å². The fraction of sp³-hybridized carbons (Fsp3) is 0.588. The van der Waals surface area contributed by atoms with Crippen molar-refractivity contribution in [3.05, 3.63) is 23.8 Å². The standard InChI is InChI=1S/C17H25NO2S/c1-2-21-15-10-6-9-14(16(15)17(19)20)18-12-11-13-7-4-3-5-8-13/h6,9-10,13,18H,2-5,7-8,11-12H2,1H3,(H,19,20). The van der Waals surface area contributed by atoms with E-state index < -0.39 is 5.97 Å². The van der Waals surface area contributed by atoms with Crippen molar-refractivity contribution < 1.29 is 9.90 Å². The Balaban J connectivity index is 1.98. The summed E-state index contributed by atoms with van der Waals surface area (Å²) >= 11 is 1.59. The lowest BCUT2D eigenvalue weighted by Crippen LogP contribution is -2.14. The van der Waals surface area contributed by atoms with E-state index in [9.17, 15) is 9.90 Å². The van der Waals surface area contributed by atoms with Crippen LogP contribution in [-0.4, -0.2) is 23.4 Å². The van der Waals surface area contributed by atoms with Crippen LogP contribution in [0.1, 0.15) is 55.8 Å². The first kappa shape index (κ1) is 16.2. The Kier molecular flexibility index (Phi) is 6.43. The van der Waals surface area contributed by atoms with Crippen molar-refractivity contribution in [2.24, 2.45) is 5.92 Å². The zero-order valence-corrected chi connectivity index (χ0v) is 13.5. The minimum Gasteiger partial charge on any atom is -0.478 e. The zero-order chi connectivity index (χ0) is 15.1. The second-order valence-corrected chi connectivity index (χ2v) is 6.94. The van der Waals surface area contributed by atoms with Gasteiger partial charge in [-0.25, -0.2) is 4.79 Å². The molecule has 0 heterocycles. The molecule has 0 aromatic heterocycles. The van der Waals surface area contributed by atoms with E-state index in [0.29, 0.717) is 5.56 Å².